The lowest BCUT2D eigenvalue weighted by atomic mass is 9.84. The summed E-state index contributed by atoms with van der Waals surface area (Å²) in [6.07, 6.45) is 1.52. The van der Waals surface area contributed by atoms with Gasteiger partial charge in [0, 0.05) is 12.1 Å². The maximum Gasteiger partial charge on any atom is 0.255 e. The van der Waals surface area contributed by atoms with Gasteiger partial charge in [0.05, 0.1) is 29.9 Å². The topological polar surface area (TPSA) is 149 Å². The average Bonchev–Trinajstić information content (AvgIpc) is 3.20. The van der Waals surface area contributed by atoms with Crippen molar-refractivity contribution < 1.29 is 19.7 Å². The molecule has 1 unspecified atom stereocenters. The second-order valence-electron chi connectivity index (χ2n) is 9.34. The quantitative estimate of drug-likeness (QED) is 0.327. The van der Waals surface area contributed by atoms with E-state index in [9.17, 15) is 15.0 Å². The van der Waals surface area contributed by atoms with Gasteiger partial charge in [-0.1, -0.05) is 36.4 Å². The fourth-order valence-corrected chi connectivity index (χ4v) is 4.60. The highest BCUT2D eigenvalue weighted by Crippen LogP contribution is 2.39. The van der Waals surface area contributed by atoms with E-state index < -0.39 is 11.8 Å². The summed E-state index contributed by atoms with van der Waals surface area (Å²) in [7, 11) is 1.53. The lowest BCUT2D eigenvalue weighted by Gasteiger charge is -2.33. The molecule has 1 aromatic heterocycles. The number of para-hydroxylation sites is 1. The monoisotopic (exact) mass is 479 g/mol. The number of nitrogens with one attached hydrogen (secondary N) is 1. The molecule has 9 nitrogen and oxygen atoms in total. The Morgan fingerprint density at radius 1 is 1.23 bits per heavy atom. The van der Waals surface area contributed by atoms with Gasteiger partial charge < -0.3 is 31.7 Å². The molecule has 0 spiro atoms. The number of hydrogen-bond acceptors (Lipinski definition) is 7. The van der Waals surface area contributed by atoms with Crippen molar-refractivity contribution in [1.29, 1.82) is 0 Å². The third-order valence-electron chi connectivity index (χ3n) is 6.69. The predicted octanol–water partition coefficient (Wildman–Crippen LogP) is 2.89. The summed E-state index contributed by atoms with van der Waals surface area (Å²) in [5, 5.41) is 28.1. The number of nitrogens with two attached hydrogens (primary N) is 2. The first-order valence-corrected chi connectivity index (χ1v) is 11.7. The van der Waals surface area contributed by atoms with Crippen LogP contribution in [0.3, 0.4) is 0 Å². The molecule has 1 saturated carbocycles. The summed E-state index contributed by atoms with van der Waals surface area (Å²) in [6, 6.07) is 14.6. The van der Waals surface area contributed by atoms with E-state index in [-0.39, 0.29) is 11.9 Å². The van der Waals surface area contributed by atoms with Crippen LogP contribution < -0.4 is 21.5 Å². The van der Waals surface area contributed by atoms with Crippen LogP contribution in [0, 0.1) is 0 Å². The smallest absolute Gasteiger partial charge is 0.255 e. The highest BCUT2D eigenvalue weighted by Gasteiger charge is 2.32. The largest absolute Gasteiger partial charge is 0.496 e. The highest BCUT2D eigenvalue weighted by atomic mass is 16.5. The predicted molar refractivity (Wildman–Crippen MR) is 134 cm³/mol. The number of anilines is 1. The van der Waals surface area contributed by atoms with Crippen molar-refractivity contribution in [3.8, 4) is 17.0 Å². The molecular formula is C26H33N5O4. The van der Waals surface area contributed by atoms with Crippen LogP contribution in [-0.2, 0) is 6.54 Å². The second kappa shape index (κ2) is 10.1. The number of nitrogen functional groups attached to an aromatic ring is 1. The van der Waals surface area contributed by atoms with Crippen molar-refractivity contribution in [2.75, 3.05) is 12.8 Å². The minimum atomic E-state index is -1.27. The van der Waals surface area contributed by atoms with Crippen molar-refractivity contribution >= 4 is 11.7 Å². The SMILES string of the molecule is COc1ccccc1C(=O)NCc1ccc(-c2nn(C3CCC(C)(O)CC3)c(N)c2C(N)O)cc1. The van der Waals surface area contributed by atoms with Gasteiger partial charge in [-0.3, -0.25) is 4.79 Å². The molecule has 186 valence electrons. The van der Waals surface area contributed by atoms with Gasteiger partial charge in [0.25, 0.3) is 5.91 Å². The fraction of sp³-hybridized carbons (Fsp3) is 0.385. The number of ether oxygens (including phenoxy) is 1. The molecule has 1 fully saturated rings. The third-order valence-corrected chi connectivity index (χ3v) is 6.69. The zero-order valence-electron chi connectivity index (χ0n) is 20.1. The molecule has 1 amide bonds. The first kappa shape index (κ1) is 24.7. The lowest BCUT2D eigenvalue weighted by molar-refractivity contribution is 0.00877. The van der Waals surface area contributed by atoms with Crippen molar-refractivity contribution in [2.24, 2.45) is 5.73 Å². The Morgan fingerprint density at radius 2 is 1.89 bits per heavy atom. The number of aliphatic hydroxyl groups excluding tert-OH is 1. The summed E-state index contributed by atoms with van der Waals surface area (Å²) in [5.74, 6) is 0.635. The van der Waals surface area contributed by atoms with Gasteiger partial charge in [-0.2, -0.15) is 5.10 Å². The van der Waals surface area contributed by atoms with Crippen LogP contribution in [0.1, 0.15) is 66.4 Å². The van der Waals surface area contributed by atoms with Gasteiger partial charge in [0.1, 0.15) is 23.5 Å². The fourth-order valence-electron chi connectivity index (χ4n) is 4.60. The van der Waals surface area contributed by atoms with Crippen LogP contribution in [0.4, 0.5) is 5.82 Å². The van der Waals surface area contributed by atoms with Gasteiger partial charge in [-0.05, 0) is 50.3 Å². The molecule has 35 heavy (non-hydrogen) atoms. The molecule has 0 bridgehead atoms. The number of methoxy groups -OCH3 is 1. The zero-order chi connectivity index (χ0) is 25.2. The highest BCUT2D eigenvalue weighted by molar-refractivity contribution is 5.96. The maximum absolute atomic E-state index is 12.6. The van der Waals surface area contributed by atoms with E-state index >= 15 is 0 Å². The van der Waals surface area contributed by atoms with E-state index in [1.165, 1.54) is 7.11 Å². The van der Waals surface area contributed by atoms with E-state index in [1.54, 1.807) is 22.9 Å². The number of benzene rings is 2. The molecule has 1 aliphatic rings. The standard InChI is InChI=1S/C26H33N5O4/c1-26(34)13-11-18(12-14-26)31-23(27)21(24(28)32)22(30-31)17-9-7-16(8-10-17)15-29-25(33)19-5-3-4-6-20(19)35-2/h3-10,18,24,32,34H,11-15,27-28H2,1-2H3,(H,29,33). The molecule has 1 heterocycles. The Labute approximate surface area is 204 Å². The Hall–Kier alpha value is -3.40. The molecule has 3 aromatic rings. The normalized spacial score (nSPS) is 20.9. The Morgan fingerprint density at radius 3 is 2.51 bits per heavy atom. The summed E-state index contributed by atoms with van der Waals surface area (Å²) in [5.41, 5.74) is 14.6. The number of carbonyl (C=O) groups is 1. The van der Waals surface area contributed by atoms with Crippen molar-refractivity contribution in [3.63, 3.8) is 0 Å². The molecule has 4 rings (SSSR count). The van der Waals surface area contributed by atoms with Gasteiger partial charge in [-0.25, -0.2) is 4.68 Å². The van der Waals surface area contributed by atoms with Crippen molar-refractivity contribution in [2.45, 2.75) is 57.0 Å². The van der Waals surface area contributed by atoms with Crippen molar-refractivity contribution in [3.05, 3.63) is 65.2 Å². The minimum absolute atomic E-state index is 0.0333. The van der Waals surface area contributed by atoms with Crippen molar-refractivity contribution in [1.82, 2.24) is 15.1 Å². The van der Waals surface area contributed by atoms with Gasteiger partial charge in [0.15, 0.2) is 0 Å². The number of carbonyl (C=O) groups excluding carboxylic acids is 1. The molecule has 0 radical (unpaired) electrons. The van der Waals surface area contributed by atoms with Gasteiger partial charge >= 0.3 is 0 Å². The maximum atomic E-state index is 12.6. The van der Waals surface area contributed by atoms with Crippen LogP contribution in [0.15, 0.2) is 48.5 Å². The number of amides is 1. The number of aliphatic hydroxyl groups is 2. The van der Waals surface area contributed by atoms with Crippen LogP contribution >= 0.6 is 0 Å². The summed E-state index contributed by atoms with van der Waals surface area (Å²) in [6.45, 7) is 2.18. The molecule has 0 aliphatic heterocycles. The first-order chi connectivity index (χ1) is 16.7. The Bertz CT molecular complexity index is 1180. The average molecular weight is 480 g/mol. The van der Waals surface area contributed by atoms with E-state index in [4.69, 9.17) is 21.3 Å². The Kier molecular flexibility index (Phi) is 7.11. The van der Waals surface area contributed by atoms with Gasteiger partial charge in [-0.15, -0.1) is 0 Å². The first-order valence-electron chi connectivity index (χ1n) is 11.7. The molecule has 1 atom stereocenters. The second-order valence-corrected chi connectivity index (χ2v) is 9.34. The van der Waals surface area contributed by atoms with Crippen LogP contribution in [0.2, 0.25) is 0 Å². The van der Waals surface area contributed by atoms with E-state index in [0.717, 1.165) is 24.0 Å². The number of rotatable bonds is 7. The van der Waals surface area contributed by atoms with Crippen LogP contribution in [-0.4, -0.2) is 38.6 Å². The molecule has 9 heteroatoms. The van der Waals surface area contributed by atoms with Gasteiger partial charge in [0.2, 0.25) is 0 Å². The minimum Gasteiger partial charge on any atom is -0.496 e. The summed E-state index contributed by atoms with van der Waals surface area (Å²) >= 11 is 0. The van der Waals surface area contributed by atoms with E-state index in [1.807, 2.05) is 37.3 Å². The molecule has 1 aliphatic carbocycles. The van der Waals surface area contributed by atoms with E-state index in [0.29, 0.717) is 47.8 Å². The number of hydrogen-bond donors (Lipinski definition) is 5. The van der Waals surface area contributed by atoms with E-state index in [2.05, 4.69) is 5.32 Å². The van der Waals surface area contributed by atoms with Crippen LogP contribution in [0.25, 0.3) is 11.3 Å². The molecule has 2 aromatic carbocycles. The molecule has 7 N–H and O–H groups in total. The summed E-state index contributed by atoms with van der Waals surface area (Å²) in [4.78, 5) is 12.6. The third kappa shape index (κ3) is 5.32. The number of aromatic nitrogens is 2. The summed E-state index contributed by atoms with van der Waals surface area (Å²) < 4.78 is 6.99. The molecule has 0 saturated heterocycles. The zero-order valence-corrected chi connectivity index (χ0v) is 20.1. The number of nitrogens with zero attached hydrogens (tertiary/aromatic N) is 2. The lowest BCUT2D eigenvalue weighted by Crippen LogP contribution is -2.32. The Balaban J connectivity index is 1.51. The molecular weight excluding hydrogens is 446 g/mol. The van der Waals surface area contributed by atoms with Crippen LogP contribution in [0.5, 0.6) is 5.75 Å².